The summed E-state index contributed by atoms with van der Waals surface area (Å²) < 4.78 is 28.0. The fourth-order valence-corrected chi connectivity index (χ4v) is 18.6. The van der Waals surface area contributed by atoms with Gasteiger partial charge in [0.05, 0.1) is 29.3 Å². The molecule has 11 atom stereocenters. The highest BCUT2D eigenvalue weighted by Gasteiger charge is 2.57. The number of aromatic hydroxyl groups is 4. The maximum Gasteiger partial charge on any atom is 0.312 e. The molecule has 11 aromatic rings. The Balaban J connectivity index is 0.000000221. The van der Waals surface area contributed by atoms with Crippen LogP contribution in [0.15, 0.2) is 261 Å². The second-order valence-electron chi connectivity index (χ2n) is 44.0. The molecule has 6 aliphatic carbocycles. The number of rotatable bonds is 26. The lowest BCUT2D eigenvalue weighted by Gasteiger charge is -2.59. The van der Waals surface area contributed by atoms with Crippen LogP contribution in [0.3, 0.4) is 0 Å². The molecule has 4 saturated carbocycles. The maximum atomic E-state index is 12.3. The van der Waals surface area contributed by atoms with E-state index in [1.165, 1.54) is 107 Å². The largest absolute Gasteiger partial charge is 0.508 e. The minimum atomic E-state index is -0.413. The average Bonchev–Trinajstić information content (AvgIpc) is 0.952. The summed E-state index contributed by atoms with van der Waals surface area (Å²) >= 11 is 0. The smallest absolute Gasteiger partial charge is 0.312 e. The van der Waals surface area contributed by atoms with Crippen molar-refractivity contribution in [2.24, 2.45) is 51.8 Å². The van der Waals surface area contributed by atoms with E-state index in [-0.39, 0.29) is 53.7 Å². The van der Waals surface area contributed by atoms with Crippen molar-refractivity contribution in [3.8, 4) is 39.9 Å². The van der Waals surface area contributed by atoms with Crippen LogP contribution in [0.5, 0.6) is 28.7 Å². The van der Waals surface area contributed by atoms with Gasteiger partial charge < -0.3 is 44.1 Å². The zero-order chi connectivity index (χ0) is 108. The first-order valence-electron chi connectivity index (χ1n) is 54.8. The van der Waals surface area contributed by atoms with Crippen molar-refractivity contribution in [1.29, 1.82) is 0 Å². The molecule has 0 aliphatic heterocycles. The van der Waals surface area contributed by atoms with E-state index in [1.54, 1.807) is 66.8 Å². The van der Waals surface area contributed by atoms with Gasteiger partial charge in [-0.15, -0.1) is 0 Å². The first-order valence-corrected chi connectivity index (χ1v) is 54.8. The summed E-state index contributed by atoms with van der Waals surface area (Å²) in [6.45, 7) is 56.3. The summed E-state index contributed by atoms with van der Waals surface area (Å²) in [5, 5.41) is 39.0. The monoisotopic (exact) mass is 1990 g/mol. The third kappa shape index (κ3) is 37.1. The Kier molecular flexibility index (Phi) is 49.5. The lowest BCUT2D eigenvalue weighted by atomic mass is 9.50. The van der Waals surface area contributed by atoms with Gasteiger partial charge in [-0.1, -0.05) is 323 Å². The number of aryl methyl sites for hydroxylation is 2. The van der Waals surface area contributed by atoms with Crippen molar-refractivity contribution >= 4 is 34.6 Å². The molecule has 11 aromatic carbocycles. The van der Waals surface area contributed by atoms with Gasteiger partial charge in [0.15, 0.2) is 0 Å². The van der Waals surface area contributed by atoms with Gasteiger partial charge in [-0.2, -0.15) is 0 Å². The topological polar surface area (TPSA) is 195 Å². The fourth-order valence-electron chi connectivity index (χ4n) is 18.6. The van der Waals surface area contributed by atoms with Gasteiger partial charge in [0.1, 0.15) is 52.7 Å². The molecule has 0 heterocycles. The molecule has 17 rings (SSSR count). The molecule has 0 spiro atoms. The maximum absolute atomic E-state index is 12.3. The molecule has 13 heteroatoms. The van der Waals surface area contributed by atoms with E-state index in [2.05, 4.69) is 194 Å². The highest BCUT2D eigenvalue weighted by molar-refractivity contribution is 5.83. The van der Waals surface area contributed by atoms with Crippen LogP contribution in [0.2, 0.25) is 0 Å². The second kappa shape index (κ2) is 59.5. The number of fused-ring (bicyclic) bond motifs is 3. The predicted molar refractivity (Wildman–Crippen MR) is 608 cm³/mol. The minimum Gasteiger partial charge on any atom is -0.508 e. The third-order valence-electron chi connectivity index (χ3n) is 32.1. The normalized spacial score (nSPS) is 19.1. The van der Waals surface area contributed by atoms with Crippen molar-refractivity contribution in [3.05, 3.63) is 328 Å². The number of carbonyl (C=O) groups excluding carboxylic acids is 4. The second-order valence-corrected chi connectivity index (χ2v) is 44.0. The van der Waals surface area contributed by atoms with Crippen LogP contribution in [-0.2, 0) is 51.0 Å². The number of benzene rings is 11. The van der Waals surface area contributed by atoms with Crippen molar-refractivity contribution in [3.63, 3.8) is 0 Å². The van der Waals surface area contributed by atoms with Crippen LogP contribution in [0.4, 0.5) is 0 Å². The van der Waals surface area contributed by atoms with Crippen LogP contribution < -0.4 is 4.74 Å². The summed E-state index contributed by atoms with van der Waals surface area (Å²) in [5.74, 6) is 9.75. The summed E-state index contributed by atoms with van der Waals surface area (Å²) in [5.41, 5.74) is 16.5. The van der Waals surface area contributed by atoms with E-state index in [0.29, 0.717) is 64.4 Å². The Morgan fingerprint density at radius 2 is 0.753 bits per heavy atom. The molecule has 11 unspecified atom stereocenters. The number of hydrogen-bond donors (Lipinski definition) is 4. The van der Waals surface area contributed by atoms with Gasteiger partial charge in [-0.3, -0.25) is 19.2 Å². The van der Waals surface area contributed by atoms with E-state index >= 15 is 0 Å². The number of phenolic OH excluding ortho intramolecular Hbond substituents is 4. The Hall–Kier alpha value is -11.4. The quantitative estimate of drug-likeness (QED) is 0.0296. The molecule has 0 radical (unpaired) electrons. The van der Waals surface area contributed by atoms with Crippen LogP contribution in [-0.4, -0.2) is 57.0 Å². The Labute approximate surface area is 880 Å². The Bertz CT molecular complexity index is 5510. The summed E-state index contributed by atoms with van der Waals surface area (Å²) in [7, 11) is 1.67. The molecule has 4 fully saturated rings. The third-order valence-corrected chi connectivity index (χ3v) is 32.1. The number of methoxy groups -OCH3 is 1. The molecule has 4 N–H and O–H groups in total. The van der Waals surface area contributed by atoms with Gasteiger partial charge in [-0.05, 0) is 394 Å². The molecule has 6 aliphatic rings. The molecule has 4 bridgehead atoms. The standard InChI is InChI=1S/C17H24O3.C16H26O2.C16H18O.C15H22O2.C14H20O2.C14H16.C11H14.3C10H14O/c1-5-17(2,3)16(18)20-15-8-6-7-12-11-13(19-4)9-10-14(12)15;1-4-10(2)15(17)18-16(3)13-6-11-5-12(8-13)9-14(16)7-11;1-3-12(2)13-4-6-14(7-5-13)15-8-10-16(17)11-9-15;1-6-15(4,5)14(16)17-12(3)13-9-7-11(2)8-10-13;1-5-14(3,4)13(15)16-11(2)12-9-7-6-8-10-12;1-3-11(2)13-9-8-12-6-4-5-7-14(12)10-13;1-8-7-10-5-3-4-6-11(10)9(8)2;3*1-3-8(2)9-4-6-10(11)7-5-9/h9-11,15H,5-8H2,1-4H3;10-14H,4-9H2,1-3H3;4-12,17H,3H2,1-2H3;7-10,12H,6H2,1-5H3;6-11H,5H2,1-4H3;4-11H,3H2,1-2H3;3-6,8-9H,7H2,1-2H3;3*4-8,11H,3H2,1-2H3. The Morgan fingerprint density at radius 1 is 0.384 bits per heavy atom. The van der Waals surface area contributed by atoms with Gasteiger partial charge >= 0.3 is 23.9 Å². The first-order chi connectivity index (χ1) is 69.3. The van der Waals surface area contributed by atoms with E-state index in [1.807, 2.05) is 205 Å². The molecular formula is C133H182O13. The summed E-state index contributed by atoms with van der Waals surface area (Å²) in [4.78, 5) is 48.2. The Morgan fingerprint density at radius 3 is 1.17 bits per heavy atom. The first kappa shape index (κ1) is 121. The van der Waals surface area contributed by atoms with E-state index in [4.69, 9.17) is 39.0 Å². The number of phenols is 4. The lowest BCUT2D eigenvalue weighted by Crippen LogP contribution is -2.58. The van der Waals surface area contributed by atoms with Gasteiger partial charge in [0.25, 0.3) is 0 Å². The van der Waals surface area contributed by atoms with Gasteiger partial charge in [0.2, 0.25) is 0 Å². The SMILES string of the molecule is CC1Cc2ccccc2C1C.CCC(C)(C)C(=O)OC(C)c1ccc(C)cc1.CCC(C)(C)C(=O)OC(C)c1ccccc1.CCC(C)(C)C(=O)OC1CCCc2cc(OC)ccc21.CCC(C)C(=O)OC1(C)C2CC3CC(C2)CC1C3.CCC(C)c1ccc(-c2ccc(O)cc2)cc1.CCC(C)c1ccc(O)cc1.CCC(C)c1ccc(O)cc1.CCC(C)c1ccc(O)cc1.CCC(C)c1ccc2ccccc2c1. The predicted octanol–water partition coefficient (Wildman–Crippen LogP) is 36.2. The van der Waals surface area contributed by atoms with E-state index in [9.17, 15) is 24.3 Å². The fraction of sp³-hybridized carbons (Fsp3) is 0.489. The van der Waals surface area contributed by atoms with Crippen molar-refractivity contribution in [2.45, 2.75) is 362 Å². The van der Waals surface area contributed by atoms with Gasteiger partial charge in [-0.25, -0.2) is 0 Å². The van der Waals surface area contributed by atoms with E-state index in [0.717, 1.165) is 116 Å². The van der Waals surface area contributed by atoms with Crippen LogP contribution >= 0.6 is 0 Å². The van der Waals surface area contributed by atoms with Gasteiger partial charge in [0, 0.05) is 0 Å². The molecule has 13 nitrogen and oxygen atoms in total. The van der Waals surface area contributed by atoms with Crippen LogP contribution in [0.1, 0.15) is 403 Å². The average molecular weight is 1990 g/mol. The van der Waals surface area contributed by atoms with Crippen LogP contribution in [0.25, 0.3) is 21.9 Å². The minimum absolute atomic E-state index is 0.0347. The van der Waals surface area contributed by atoms with Crippen molar-refractivity contribution in [1.82, 2.24) is 0 Å². The lowest BCUT2D eigenvalue weighted by molar-refractivity contribution is -0.206. The van der Waals surface area contributed by atoms with Crippen molar-refractivity contribution in [2.75, 3.05) is 7.11 Å². The summed E-state index contributed by atoms with van der Waals surface area (Å²) in [6, 6.07) is 86.3. The van der Waals surface area contributed by atoms with E-state index < -0.39 is 16.2 Å². The number of ether oxygens (including phenoxy) is 5. The molecular weight excluding hydrogens is 1810 g/mol. The highest BCUT2D eigenvalue weighted by Crippen LogP contribution is 2.60. The molecule has 0 saturated heterocycles. The highest BCUT2D eigenvalue weighted by atomic mass is 16.6. The summed E-state index contributed by atoms with van der Waals surface area (Å²) in [6.07, 6.45) is 19.5. The molecule has 0 amide bonds. The zero-order valence-corrected chi connectivity index (χ0v) is 94.2. The van der Waals surface area contributed by atoms with Crippen molar-refractivity contribution < 1.29 is 63.3 Å². The molecule has 792 valence electrons. The zero-order valence-electron chi connectivity index (χ0n) is 94.2. The number of carbonyl (C=O) groups is 4. The number of esters is 4. The van der Waals surface area contributed by atoms with Crippen LogP contribution in [0, 0.1) is 58.7 Å². The number of hydrogen-bond acceptors (Lipinski definition) is 13. The molecule has 146 heavy (non-hydrogen) atoms. The molecule has 0 aromatic heterocycles.